The van der Waals surface area contributed by atoms with Gasteiger partial charge in [0.2, 0.25) is 0 Å². The van der Waals surface area contributed by atoms with E-state index in [-0.39, 0.29) is 10.8 Å². The third kappa shape index (κ3) is 3.29. The van der Waals surface area contributed by atoms with E-state index in [1.165, 1.54) is 6.07 Å². The molecular formula is C11H9BrClNO3S2. The largest absolute Gasteiger partial charge is 0.392 e. The first kappa shape index (κ1) is 14.8. The summed E-state index contributed by atoms with van der Waals surface area (Å²) in [7, 11) is -3.67. The minimum atomic E-state index is -3.67. The summed E-state index contributed by atoms with van der Waals surface area (Å²) in [6.07, 6.45) is 0. The molecule has 2 aromatic rings. The van der Waals surface area contributed by atoms with Gasteiger partial charge in [0.15, 0.2) is 0 Å². The number of thiophene rings is 1. The van der Waals surface area contributed by atoms with E-state index in [0.29, 0.717) is 20.7 Å². The highest BCUT2D eigenvalue weighted by atomic mass is 79.9. The smallest absolute Gasteiger partial charge is 0.271 e. The minimum absolute atomic E-state index is 0.142. The Kier molecular flexibility index (Phi) is 4.52. The van der Waals surface area contributed by atoms with Crippen LogP contribution in [0.1, 0.15) is 5.56 Å². The van der Waals surface area contributed by atoms with Gasteiger partial charge in [0.1, 0.15) is 4.21 Å². The van der Waals surface area contributed by atoms with Gasteiger partial charge in [-0.3, -0.25) is 4.72 Å². The predicted octanol–water partition coefficient (Wildman–Crippen LogP) is 3.46. The lowest BCUT2D eigenvalue weighted by Gasteiger charge is -2.08. The monoisotopic (exact) mass is 381 g/mol. The standard InChI is InChI=1S/C11H9BrClNO3S2/c12-11-8(13)2-1-3-9(11)14-19(16,17)10-4-7(5-15)6-18-10/h1-4,6,14-15H,5H2. The summed E-state index contributed by atoms with van der Waals surface area (Å²) in [5.74, 6) is 0. The van der Waals surface area contributed by atoms with Gasteiger partial charge >= 0.3 is 0 Å². The number of rotatable bonds is 4. The molecule has 8 heteroatoms. The topological polar surface area (TPSA) is 66.4 Å². The molecule has 0 saturated heterocycles. The molecule has 102 valence electrons. The van der Waals surface area contributed by atoms with E-state index in [0.717, 1.165) is 11.3 Å². The van der Waals surface area contributed by atoms with Gasteiger partial charge in [-0.15, -0.1) is 11.3 Å². The van der Waals surface area contributed by atoms with Crippen LogP contribution in [0.25, 0.3) is 0 Å². The normalized spacial score (nSPS) is 11.5. The van der Waals surface area contributed by atoms with Gasteiger partial charge in [0.25, 0.3) is 10.0 Å². The van der Waals surface area contributed by atoms with Crippen LogP contribution in [-0.4, -0.2) is 13.5 Å². The number of benzene rings is 1. The first-order valence-electron chi connectivity index (χ1n) is 5.09. The Labute approximate surface area is 128 Å². The molecule has 0 unspecified atom stereocenters. The molecule has 2 rings (SSSR count). The maximum Gasteiger partial charge on any atom is 0.271 e. The second kappa shape index (κ2) is 5.80. The van der Waals surface area contributed by atoms with Gasteiger partial charge in [-0.05, 0) is 45.1 Å². The number of hydrogen-bond donors (Lipinski definition) is 2. The van der Waals surface area contributed by atoms with Crippen LogP contribution in [0.5, 0.6) is 0 Å². The fourth-order valence-electron chi connectivity index (χ4n) is 1.35. The Bertz CT molecular complexity index is 700. The lowest BCUT2D eigenvalue weighted by Crippen LogP contribution is -2.11. The van der Waals surface area contributed by atoms with Gasteiger partial charge < -0.3 is 5.11 Å². The number of aliphatic hydroxyl groups excluding tert-OH is 1. The molecule has 0 fully saturated rings. The molecule has 0 aliphatic rings. The molecule has 1 aromatic heterocycles. The van der Waals surface area contributed by atoms with Crippen molar-refractivity contribution in [1.29, 1.82) is 0 Å². The first-order chi connectivity index (χ1) is 8.94. The van der Waals surface area contributed by atoms with Gasteiger partial charge in [-0.25, -0.2) is 8.42 Å². The molecule has 2 N–H and O–H groups in total. The average molecular weight is 383 g/mol. The molecule has 0 amide bonds. The number of hydrogen-bond acceptors (Lipinski definition) is 4. The quantitative estimate of drug-likeness (QED) is 0.851. The highest BCUT2D eigenvalue weighted by molar-refractivity contribution is 9.10. The number of nitrogens with one attached hydrogen (secondary N) is 1. The summed E-state index contributed by atoms with van der Waals surface area (Å²) in [6.45, 7) is -0.188. The lowest BCUT2D eigenvalue weighted by atomic mass is 10.3. The van der Waals surface area contributed by atoms with E-state index in [1.807, 2.05) is 0 Å². The van der Waals surface area contributed by atoms with Gasteiger partial charge in [-0.2, -0.15) is 0 Å². The second-order valence-corrected chi connectivity index (χ2v) is 7.66. The molecule has 1 heterocycles. The Hall–Kier alpha value is -0.600. The molecule has 4 nitrogen and oxygen atoms in total. The second-order valence-electron chi connectivity index (χ2n) is 3.64. The SMILES string of the molecule is O=S(=O)(Nc1cccc(Cl)c1Br)c1cc(CO)cs1. The first-order valence-corrected chi connectivity index (χ1v) is 8.62. The summed E-state index contributed by atoms with van der Waals surface area (Å²) in [6, 6.07) is 6.34. The van der Waals surface area contributed by atoms with Crippen molar-refractivity contribution in [3.05, 3.63) is 44.7 Å². The molecule has 0 saturated carbocycles. The van der Waals surface area contributed by atoms with Crippen molar-refractivity contribution in [3.63, 3.8) is 0 Å². The van der Waals surface area contributed by atoms with Crippen LogP contribution in [0.15, 0.2) is 38.3 Å². The number of aliphatic hydroxyl groups is 1. The molecule has 0 atom stereocenters. The van der Waals surface area contributed by atoms with Crippen molar-refractivity contribution < 1.29 is 13.5 Å². The van der Waals surface area contributed by atoms with Crippen molar-refractivity contribution in [2.45, 2.75) is 10.8 Å². The fraction of sp³-hybridized carbons (Fsp3) is 0.0909. The summed E-state index contributed by atoms with van der Waals surface area (Å²) in [5, 5.41) is 11.0. The summed E-state index contributed by atoms with van der Waals surface area (Å²) in [4.78, 5) is 0. The summed E-state index contributed by atoms with van der Waals surface area (Å²) >= 11 is 10.2. The van der Waals surface area contributed by atoms with Crippen LogP contribution >= 0.6 is 38.9 Å². The third-order valence-electron chi connectivity index (χ3n) is 2.27. The van der Waals surface area contributed by atoms with E-state index in [1.54, 1.807) is 23.6 Å². The molecule has 19 heavy (non-hydrogen) atoms. The molecule has 0 aliphatic carbocycles. The molecule has 1 aromatic carbocycles. The molecule has 0 aliphatic heterocycles. The Morgan fingerprint density at radius 2 is 2.16 bits per heavy atom. The van der Waals surface area contributed by atoms with Gasteiger partial charge in [0, 0.05) is 0 Å². The van der Waals surface area contributed by atoms with Crippen molar-refractivity contribution >= 4 is 54.6 Å². The highest BCUT2D eigenvalue weighted by Gasteiger charge is 2.18. The maximum absolute atomic E-state index is 12.1. The highest BCUT2D eigenvalue weighted by Crippen LogP contribution is 2.32. The zero-order valence-electron chi connectivity index (χ0n) is 9.43. The molecular weight excluding hydrogens is 374 g/mol. The maximum atomic E-state index is 12.1. The van der Waals surface area contributed by atoms with E-state index >= 15 is 0 Å². The average Bonchev–Trinajstić information content (AvgIpc) is 2.84. The van der Waals surface area contributed by atoms with Crippen LogP contribution in [0.3, 0.4) is 0 Å². The van der Waals surface area contributed by atoms with Crippen LogP contribution in [-0.2, 0) is 16.6 Å². The lowest BCUT2D eigenvalue weighted by molar-refractivity contribution is 0.282. The third-order valence-corrected chi connectivity index (χ3v) is 6.52. The van der Waals surface area contributed by atoms with Gasteiger partial charge in [0.05, 0.1) is 21.8 Å². The van der Waals surface area contributed by atoms with Crippen molar-refractivity contribution in [3.8, 4) is 0 Å². The van der Waals surface area contributed by atoms with Crippen molar-refractivity contribution in [2.75, 3.05) is 4.72 Å². The van der Waals surface area contributed by atoms with E-state index in [4.69, 9.17) is 16.7 Å². The van der Waals surface area contributed by atoms with Crippen LogP contribution in [0.2, 0.25) is 5.02 Å². The number of sulfonamides is 1. The molecule has 0 spiro atoms. The summed E-state index contributed by atoms with van der Waals surface area (Å²) in [5.41, 5.74) is 0.932. The molecule has 0 radical (unpaired) electrons. The molecule has 0 bridgehead atoms. The van der Waals surface area contributed by atoms with E-state index in [2.05, 4.69) is 20.7 Å². The number of anilines is 1. The van der Waals surface area contributed by atoms with Crippen molar-refractivity contribution in [1.82, 2.24) is 0 Å². The van der Waals surface area contributed by atoms with Crippen LogP contribution < -0.4 is 4.72 Å². The van der Waals surface area contributed by atoms with Crippen LogP contribution in [0.4, 0.5) is 5.69 Å². The zero-order chi connectivity index (χ0) is 14.0. The zero-order valence-corrected chi connectivity index (χ0v) is 13.4. The predicted molar refractivity (Wildman–Crippen MR) is 80.2 cm³/mol. The minimum Gasteiger partial charge on any atom is -0.392 e. The number of halogens is 2. The Morgan fingerprint density at radius 3 is 2.79 bits per heavy atom. The Morgan fingerprint density at radius 1 is 1.42 bits per heavy atom. The van der Waals surface area contributed by atoms with Gasteiger partial charge in [-0.1, -0.05) is 17.7 Å². The van der Waals surface area contributed by atoms with Crippen molar-refractivity contribution in [2.24, 2.45) is 0 Å². The van der Waals surface area contributed by atoms with E-state index in [9.17, 15) is 8.42 Å². The van der Waals surface area contributed by atoms with Crippen LogP contribution in [0, 0.1) is 0 Å². The fourth-order valence-corrected chi connectivity index (χ4v) is 4.30. The summed E-state index contributed by atoms with van der Waals surface area (Å²) < 4.78 is 27.4. The van der Waals surface area contributed by atoms with E-state index < -0.39 is 10.0 Å². The Balaban J connectivity index is 2.33.